The van der Waals surface area contributed by atoms with Gasteiger partial charge in [-0.15, -0.1) is 0 Å². The summed E-state index contributed by atoms with van der Waals surface area (Å²) in [5, 5.41) is 3.12. The molecule has 0 heterocycles. The van der Waals surface area contributed by atoms with Gasteiger partial charge in [-0.25, -0.2) is 0 Å². The van der Waals surface area contributed by atoms with Gasteiger partial charge in [0.05, 0.1) is 0 Å². The van der Waals surface area contributed by atoms with Crippen LogP contribution in [-0.4, -0.2) is 19.0 Å². The van der Waals surface area contributed by atoms with Crippen molar-refractivity contribution in [1.82, 2.24) is 5.32 Å². The average Bonchev–Trinajstić information content (AvgIpc) is 2.99. The van der Waals surface area contributed by atoms with Crippen LogP contribution in [-0.2, 0) is 4.79 Å². The summed E-state index contributed by atoms with van der Waals surface area (Å²) in [7, 11) is 0. The third-order valence-corrected chi connectivity index (χ3v) is 4.63. The van der Waals surface area contributed by atoms with Crippen LogP contribution in [0.3, 0.4) is 0 Å². The molecule has 3 nitrogen and oxygen atoms in total. The van der Waals surface area contributed by atoms with E-state index in [4.69, 9.17) is 5.73 Å². The Balaban J connectivity index is 1.66. The SMILES string of the molecule is NC[C@H]1CCC[C@H]1C(=O)NCCC1CCCC1. The maximum Gasteiger partial charge on any atom is 0.223 e. The van der Waals surface area contributed by atoms with Crippen LogP contribution < -0.4 is 11.1 Å². The van der Waals surface area contributed by atoms with E-state index in [0.717, 1.165) is 25.3 Å². The van der Waals surface area contributed by atoms with E-state index in [1.807, 2.05) is 0 Å². The van der Waals surface area contributed by atoms with E-state index in [1.54, 1.807) is 0 Å². The molecule has 3 heteroatoms. The largest absolute Gasteiger partial charge is 0.356 e. The van der Waals surface area contributed by atoms with Crippen LogP contribution in [0, 0.1) is 17.8 Å². The van der Waals surface area contributed by atoms with E-state index < -0.39 is 0 Å². The second kappa shape index (κ2) is 6.39. The van der Waals surface area contributed by atoms with Crippen molar-refractivity contribution in [1.29, 1.82) is 0 Å². The summed E-state index contributed by atoms with van der Waals surface area (Å²) in [6, 6.07) is 0. The lowest BCUT2D eigenvalue weighted by atomic mass is 9.95. The quantitative estimate of drug-likeness (QED) is 0.770. The van der Waals surface area contributed by atoms with Crippen LogP contribution in [0.5, 0.6) is 0 Å². The molecule has 0 aromatic rings. The summed E-state index contributed by atoms with van der Waals surface area (Å²) in [4.78, 5) is 12.0. The zero-order valence-electron chi connectivity index (χ0n) is 10.8. The standard InChI is InChI=1S/C14H26N2O/c15-10-12-6-3-7-13(12)14(17)16-9-8-11-4-1-2-5-11/h11-13H,1-10,15H2,(H,16,17)/t12-,13-/m1/s1. The lowest BCUT2D eigenvalue weighted by molar-refractivity contribution is -0.126. The third-order valence-electron chi connectivity index (χ3n) is 4.63. The van der Waals surface area contributed by atoms with Crippen LogP contribution >= 0.6 is 0 Å². The molecule has 0 saturated heterocycles. The molecule has 0 aromatic carbocycles. The highest BCUT2D eigenvalue weighted by molar-refractivity contribution is 5.79. The van der Waals surface area contributed by atoms with Crippen molar-refractivity contribution in [2.45, 2.75) is 51.4 Å². The zero-order chi connectivity index (χ0) is 12.1. The molecule has 0 aromatic heterocycles. The van der Waals surface area contributed by atoms with Crippen molar-refractivity contribution >= 4 is 5.91 Å². The molecule has 0 unspecified atom stereocenters. The first kappa shape index (κ1) is 12.9. The Bertz CT molecular complexity index is 249. The Labute approximate surface area is 105 Å². The number of carbonyl (C=O) groups excluding carboxylic acids is 1. The molecule has 2 aliphatic carbocycles. The fraction of sp³-hybridized carbons (Fsp3) is 0.929. The Morgan fingerprint density at radius 1 is 1.12 bits per heavy atom. The normalized spacial score (nSPS) is 29.7. The van der Waals surface area contributed by atoms with Crippen molar-refractivity contribution in [3.8, 4) is 0 Å². The second-order valence-electron chi connectivity index (χ2n) is 5.76. The minimum atomic E-state index is 0.198. The van der Waals surface area contributed by atoms with Gasteiger partial charge in [-0.3, -0.25) is 4.79 Å². The molecular formula is C14H26N2O. The topological polar surface area (TPSA) is 55.1 Å². The maximum atomic E-state index is 12.0. The van der Waals surface area contributed by atoms with E-state index in [-0.39, 0.29) is 11.8 Å². The number of hydrogen-bond acceptors (Lipinski definition) is 2. The summed E-state index contributed by atoms with van der Waals surface area (Å²) < 4.78 is 0. The summed E-state index contributed by atoms with van der Waals surface area (Å²) in [6.07, 6.45) is 10.0. The van der Waals surface area contributed by atoms with Gasteiger partial charge < -0.3 is 11.1 Å². The average molecular weight is 238 g/mol. The molecule has 3 N–H and O–H groups in total. The molecule has 2 rings (SSSR count). The van der Waals surface area contributed by atoms with Crippen LogP contribution in [0.25, 0.3) is 0 Å². The van der Waals surface area contributed by atoms with Gasteiger partial charge in [-0.2, -0.15) is 0 Å². The fourth-order valence-electron chi connectivity index (χ4n) is 3.49. The summed E-state index contributed by atoms with van der Waals surface area (Å²) >= 11 is 0. The van der Waals surface area contributed by atoms with Gasteiger partial charge in [-0.05, 0) is 37.6 Å². The summed E-state index contributed by atoms with van der Waals surface area (Å²) in [5.74, 6) is 1.75. The third kappa shape index (κ3) is 3.44. The maximum absolute atomic E-state index is 12.0. The first-order chi connectivity index (χ1) is 8.31. The van der Waals surface area contributed by atoms with Gasteiger partial charge in [0.1, 0.15) is 0 Å². The molecule has 0 radical (unpaired) electrons. The number of nitrogens with two attached hydrogens (primary N) is 1. The number of rotatable bonds is 5. The van der Waals surface area contributed by atoms with E-state index in [0.29, 0.717) is 12.5 Å². The van der Waals surface area contributed by atoms with E-state index >= 15 is 0 Å². The lowest BCUT2D eigenvalue weighted by Crippen LogP contribution is -2.35. The lowest BCUT2D eigenvalue weighted by Gasteiger charge is -2.18. The van der Waals surface area contributed by atoms with E-state index in [1.165, 1.54) is 38.5 Å². The Hall–Kier alpha value is -0.570. The predicted molar refractivity (Wildman–Crippen MR) is 69.5 cm³/mol. The van der Waals surface area contributed by atoms with Gasteiger partial charge in [0.25, 0.3) is 0 Å². The smallest absolute Gasteiger partial charge is 0.223 e. The van der Waals surface area contributed by atoms with Gasteiger partial charge in [0.2, 0.25) is 5.91 Å². The molecule has 17 heavy (non-hydrogen) atoms. The minimum absolute atomic E-state index is 0.198. The molecule has 0 aliphatic heterocycles. The Kier molecular flexibility index (Phi) is 4.84. The number of carbonyl (C=O) groups is 1. The Morgan fingerprint density at radius 2 is 1.88 bits per heavy atom. The second-order valence-corrected chi connectivity index (χ2v) is 5.76. The van der Waals surface area contributed by atoms with Crippen LogP contribution in [0.4, 0.5) is 0 Å². The number of hydrogen-bond donors (Lipinski definition) is 2. The Morgan fingerprint density at radius 3 is 2.59 bits per heavy atom. The molecule has 2 atom stereocenters. The first-order valence-electron chi connectivity index (χ1n) is 7.29. The van der Waals surface area contributed by atoms with Crippen molar-refractivity contribution in [2.24, 2.45) is 23.5 Å². The summed E-state index contributed by atoms with van der Waals surface area (Å²) in [5.41, 5.74) is 5.71. The fourth-order valence-corrected chi connectivity index (χ4v) is 3.49. The van der Waals surface area contributed by atoms with Crippen molar-refractivity contribution in [2.75, 3.05) is 13.1 Å². The molecule has 0 spiro atoms. The highest BCUT2D eigenvalue weighted by atomic mass is 16.1. The van der Waals surface area contributed by atoms with Crippen molar-refractivity contribution in [3.63, 3.8) is 0 Å². The molecule has 98 valence electrons. The first-order valence-corrected chi connectivity index (χ1v) is 7.29. The minimum Gasteiger partial charge on any atom is -0.356 e. The molecule has 2 aliphatic rings. The van der Waals surface area contributed by atoms with E-state index in [9.17, 15) is 4.79 Å². The predicted octanol–water partition coefficient (Wildman–Crippen LogP) is 2.06. The van der Waals surface area contributed by atoms with Gasteiger partial charge in [-0.1, -0.05) is 32.1 Å². The molecule has 1 amide bonds. The van der Waals surface area contributed by atoms with Crippen molar-refractivity contribution in [3.05, 3.63) is 0 Å². The molecule has 0 bridgehead atoms. The monoisotopic (exact) mass is 238 g/mol. The van der Waals surface area contributed by atoms with Gasteiger partial charge in [0, 0.05) is 12.5 Å². The van der Waals surface area contributed by atoms with Crippen LogP contribution in [0.2, 0.25) is 0 Å². The number of amides is 1. The highest BCUT2D eigenvalue weighted by Crippen LogP contribution is 2.31. The van der Waals surface area contributed by atoms with E-state index in [2.05, 4.69) is 5.32 Å². The zero-order valence-corrected chi connectivity index (χ0v) is 10.8. The van der Waals surface area contributed by atoms with Crippen LogP contribution in [0.15, 0.2) is 0 Å². The summed E-state index contributed by atoms with van der Waals surface area (Å²) in [6.45, 7) is 1.54. The molecule has 2 saturated carbocycles. The molecule has 2 fully saturated rings. The number of nitrogens with one attached hydrogen (secondary N) is 1. The van der Waals surface area contributed by atoms with Crippen molar-refractivity contribution < 1.29 is 4.79 Å². The van der Waals surface area contributed by atoms with Gasteiger partial charge in [0.15, 0.2) is 0 Å². The van der Waals surface area contributed by atoms with Crippen LogP contribution in [0.1, 0.15) is 51.4 Å². The van der Waals surface area contributed by atoms with Gasteiger partial charge >= 0.3 is 0 Å². The molecular weight excluding hydrogens is 212 g/mol. The highest BCUT2D eigenvalue weighted by Gasteiger charge is 2.31.